The van der Waals surface area contributed by atoms with Gasteiger partial charge in [-0.1, -0.05) is 37.6 Å². The van der Waals surface area contributed by atoms with E-state index in [1.54, 1.807) is 0 Å². The van der Waals surface area contributed by atoms with Gasteiger partial charge in [0.05, 0.1) is 0 Å². The molecule has 0 aromatic heterocycles. The van der Waals surface area contributed by atoms with E-state index in [4.69, 9.17) is 11.6 Å². The van der Waals surface area contributed by atoms with Gasteiger partial charge in [-0.05, 0) is 49.9 Å². The van der Waals surface area contributed by atoms with Gasteiger partial charge >= 0.3 is 0 Å². The normalized spacial score (nSPS) is 11.1. The fourth-order valence-electron chi connectivity index (χ4n) is 1.69. The number of hydrogen-bond donors (Lipinski definition) is 1. The number of nitrogens with one attached hydrogen (secondary N) is 1. The van der Waals surface area contributed by atoms with Gasteiger partial charge in [0, 0.05) is 11.1 Å². The van der Waals surface area contributed by atoms with Crippen LogP contribution < -0.4 is 5.32 Å². The fourth-order valence-corrected chi connectivity index (χ4v) is 2.02. The molecule has 0 radical (unpaired) electrons. The Kier molecular flexibility index (Phi) is 5.86. The van der Waals surface area contributed by atoms with Gasteiger partial charge in [0.25, 0.3) is 0 Å². The highest BCUT2D eigenvalue weighted by Gasteiger charge is 2.00. The second kappa shape index (κ2) is 6.93. The Hall–Kier alpha value is -0.530. The van der Waals surface area contributed by atoms with Crippen molar-refractivity contribution in [3.8, 4) is 0 Å². The third kappa shape index (κ3) is 5.00. The first kappa shape index (κ1) is 13.5. The molecule has 0 amide bonds. The predicted molar refractivity (Wildman–Crippen MR) is 72.3 cm³/mol. The standard InChI is InChI=1S/C14H22ClN/c1-11(2)16-9-5-4-6-13-8-7-12(3)10-14(13)15/h7-8,10-11,16H,4-6,9H2,1-3H3. The Balaban J connectivity index is 2.27. The lowest BCUT2D eigenvalue weighted by atomic mass is 10.1. The van der Waals surface area contributed by atoms with Crippen LogP contribution >= 0.6 is 11.6 Å². The summed E-state index contributed by atoms with van der Waals surface area (Å²) in [6.45, 7) is 7.52. The number of benzene rings is 1. The molecule has 1 N–H and O–H groups in total. The second-order valence-corrected chi connectivity index (χ2v) is 5.07. The van der Waals surface area contributed by atoms with E-state index in [2.05, 4.69) is 38.2 Å². The fraction of sp³-hybridized carbons (Fsp3) is 0.571. The summed E-state index contributed by atoms with van der Waals surface area (Å²) in [5, 5.41) is 4.34. The highest BCUT2D eigenvalue weighted by Crippen LogP contribution is 2.19. The quantitative estimate of drug-likeness (QED) is 0.741. The summed E-state index contributed by atoms with van der Waals surface area (Å²) < 4.78 is 0. The van der Waals surface area contributed by atoms with Gasteiger partial charge in [-0.2, -0.15) is 0 Å². The molecule has 0 atom stereocenters. The van der Waals surface area contributed by atoms with E-state index in [0.717, 1.165) is 18.0 Å². The Morgan fingerprint density at radius 2 is 2.00 bits per heavy atom. The summed E-state index contributed by atoms with van der Waals surface area (Å²) in [5.74, 6) is 0. The zero-order valence-electron chi connectivity index (χ0n) is 10.5. The molecule has 16 heavy (non-hydrogen) atoms. The van der Waals surface area contributed by atoms with E-state index in [1.165, 1.54) is 24.0 Å². The molecule has 1 nitrogen and oxygen atoms in total. The average Bonchev–Trinajstić information content (AvgIpc) is 2.20. The molecule has 0 fully saturated rings. The van der Waals surface area contributed by atoms with E-state index in [-0.39, 0.29) is 0 Å². The van der Waals surface area contributed by atoms with E-state index < -0.39 is 0 Å². The van der Waals surface area contributed by atoms with Crippen LogP contribution in [0.4, 0.5) is 0 Å². The number of halogens is 1. The third-order valence-electron chi connectivity index (χ3n) is 2.63. The topological polar surface area (TPSA) is 12.0 Å². The van der Waals surface area contributed by atoms with E-state index >= 15 is 0 Å². The molecule has 0 spiro atoms. The molecule has 1 aromatic rings. The molecule has 90 valence electrons. The number of hydrogen-bond acceptors (Lipinski definition) is 1. The summed E-state index contributed by atoms with van der Waals surface area (Å²) in [5.41, 5.74) is 2.51. The maximum atomic E-state index is 6.18. The van der Waals surface area contributed by atoms with Crippen LogP contribution in [0.5, 0.6) is 0 Å². The maximum absolute atomic E-state index is 6.18. The second-order valence-electron chi connectivity index (χ2n) is 4.66. The summed E-state index contributed by atoms with van der Waals surface area (Å²) in [6, 6.07) is 6.91. The van der Waals surface area contributed by atoms with E-state index in [9.17, 15) is 0 Å². The van der Waals surface area contributed by atoms with Gasteiger partial charge in [-0.15, -0.1) is 0 Å². The van der Waals surface area contributed by atoms with Gasteiger partial charge in [0.1, 0.15) is 0 Å². The summed E-state index contributed by atoms with van der Waals surface area (Å²) in [4.78, 5) is 0. The maximum Gasteiger partial charge on any atom is 0.0440 e. The number of unbranched alkanes of at least 4 members (excludes halogenated alkanes) is 1. The molecule has 0 bridgehead atoms. The van der Waals surface area contributed by atoms with Crippen LogP contribution in [0.3, 0.4) is 0 Å². The molecule has 0 aliphatic rings. The van der Waals surface area contributed by atoms with Crippen LogP contribution in [0.2, 0.25) is 5.02 Å². The van der Waals surface area contributed by atoms with Crippen LogP contribution in [0.15, 0.2) is 18.2 Å². The molecule has 0 aliphatic carbocycles. The molecule has 0 unspecified atom stereocenters. The zero-order chi connectivity index (χ0) is 12.0. The summed E-state index contributed by atoms with van der Waals surface area (Å²) >= 11 is 6.18. The summed E-state index contributed by atoms with van der Waals surface area (Å²) in [7, 11) is 0. The highest BCUT2D eigenvalue weighted by atomic mass is 35.5. The zero-order valence-corrected chi connectivity index (χ0v) is 11.3. The van der Waals surface area contributed by atoms with Crippen LogP contribution in [-0.4, -0.2) is 12.6 Å². The molecule has 0 saturated heterocycles. The SMILES string of the molecule is Cc1ccc(CCCCNC(C)C)c(Cl)c1. The Labute approximate surface area is 104 Å². The lowest BCUT2D eigenvalue weighted by Gasteiger charge is -2.08. The van der Waals surface area contributed by atoms with Crippen molar-refractivity contribution < 1.29 is 0 Å². The van der Waals surface area contributed by atoms with E-state index in [0.29, 0.717) is 6.04 Å². The van der Waals surface area contributed by atoms with Gasteiger partial charge < -0.3 is 5.32 Å². The highest BCUT2D eigenvalue weighted by molar-refractivity contribution is 6.31. The minimum atomic E-state index is 0.586. The van der Waals surface area contributed by atoms with Crippen LogP contribution in [-0.2, 0) is 6.42 Å². The largest absolute Gasteiger partial charge is 0.315 e. The van der Waals surface area contributed by atoms with Crippen molar-refractivity contribution in [3.05, 3.63) is 34.3 Å². The Morgan fingerprint density at radius 1 is 1.25 bits per heavy atom. The number of aryl methyl sites for hydroxylation is 2. The first-order valence-electron chi connectivity index (χ1n) is 6.08. The lowest BCUT2D eigenvalue weighted by molar-refractivity contribution is 0.557. The Bertz CT molecular complexity index is 321. The van der Waals surface area contributed by atoms with Crippen molar-refractivity contribution in [3.63, 3.8) is 0 Å². The average molecular weight is 240 g/mol. The van der Waals surface area contributed by atoms with Crippen LogP contribution in [0, 0.1) is 6.92 Å². The van der Waals surface area contributed by atoms with Crippen LogP contribution in [0.1, 0.15) is 37.8 Å². The summed E-state index contributed by atoms with van der Waals surface area (Å²) in [6.07, 6.45) is 3.49. The van der Waals surface area contributed by atoms with Gasteiger partial charge in [-0.3, -0.25) is 0 Å². The van der Waals surface area contributed by atoms with Gasteiger partial charge in [0.2, 0.25) is 0 Å². The van der Waals surface area contributed by atoms with Crippen molar-refractivity contribution in [1.29, 1.82) is 0 Å². The van der Waals surface area contributed by atoms with Crippen molar-refractivity contribution in [2.24, 2.45) is 0 Å². The minimum absolute atomic E-state index is 0.586. The van der Waals surface area contributed by atoms with Crippen molar-refractivity contribution in [2.45, 2.75) is 46.1 Å². The van der Waals surface area contributed by atoms with E-state index in [1.807, 2.05) is 6.07 Å². The molecule has 0 heterocycles. The van der Waals surface area contributed by atoms with Crippen molar-refractivity contribution in [2.75, 3.05) is 6.54 Å². The first-order chi connectivity index (χ1) is 7.59. The molecular weight excluding hydrogens is 218 g/mol. The monoisotopic (exact) mass is 239 g/mol. The smallest absolute Gasteiger partial charge is 0.0440 e. The molecular formula is C14H22ClN. The van der Waals surface area contributed by atoms with Crippen molar-refractivity contribution in [1.82, 2.24) is 5.32 Å². The first-order valence-corrected chi connectivity index (χ1v) is 6.46. The molecule has 0 aliphatic heterocycles. The predicted octanol–water partition coefficient (Wildman–Crippen LogP) is 3.97. The number of rotatable bonds is 6. The molecule has 2 heteroatoms. The van der Waals surface area contributed by atoms with Gasteiger partial charge in [-0.25, -0.2) is 0 Å². The minimum Gasteiger partial charge on any atom is -0.315 e. The Morgan fingerprint density at radius 3 is 2.62 bits per heavy atom. The molecule has 1 aromatic carbocycles. The lowest BCUT2D eigenvalue weighted by Crippen LogP contribution is -2.23. The third-order valence-corrected chi connectivity index (χ3v) is 2.99. The van der Waals surface area contributed by atoms with Crippen LogP contribution in [0.25, 0.3) is 0 Å². The molecule has 0 saturated carbocycles. The van der Waals surface area contributed by atoms with Gasteiger partial charge in [0.15, 0.2) is 0 Å². The molecule has 1 rings (SSSR count). The van der Waals surface area contributed by atoms with Crippen molar-refractivity contribution >= 4 is 11.6 Å².